The predicted molar refractivity (Wildman–Crippen MR) is 66.4 cm³/mol. The van der Waals surface area contributed by atoms with E-state index in [1.165, 1.54) is 28.9 Å². The number of aromatic nitrogens is 2. The minimum Gasteiger partial charge on any atom is -0.382 e. The molecule has 0 amide bonds. The lowest BCUT2D eigenvalue weighted by Gasteiger charge is -2.13. The minimum absolute atomic E-state index is 0.0602. The van der Waals surface area contributed by atoms with E-state index in [1.54, 1.807) is 13.2 Å². The van der Waals surface area contributed by atoms with Gasteiger partial charge in [-0.2, -0.15) is 5.10 Å². The van der Waals surface area contributed by atoms with Crippen molar-refractivity contribution in [1.82, 2.24) is 9.78 Å². The Bertz CT molecular complexity index is 520. The summed E-state index contributed by atoms with van der Waals surface area (Å²) >= 11 is 3.29. The van der Waals surface area contributed by atoms with Crippen LogP contribution in [0.25, 0.3) is 0 Å². The molecule has 0 aliphatic heterocycles. The zero-order valence-electron chi connectivity index (χ0n) is 9.52. The minimum atomic E-state index is -2.50. The van der Waals surface area contributed by atoms with Crippen molar-refractivity contribution in [3.8, 4) is 0 Å². The van der Waals surface area contributed by atoms with E-state index in [0.29, 0.717) is 15.7 Å². The third kappa shape index (κ3) is 2.44. The molecule has 2 aromatic rings. The molecular formula is C12H11BrF2N2O. The van der Waals surface area contributed by atoms with Crippen molar-refractivity contribution in [1.29, 1.82) is 0 Å². The smallest absolute Gasteiger partial charge is 0.263 e. The molecule has 1 atom stereocenters. The standard InChI is InChI=1S/C12H11BrF2N2O/c1-17-10(9(13)6-16-17)11(18)7-2-4-8(5-3-7)12(14)15/h2-6,11-12,18H,1H3. The van der Waals surface area contributed by atoms with Crippen molar-refractivity contribution in [2.24, 2.45) is 7.05 Å². The average Bonchev–Trinajstić information content (AvgIpc) is 2.68. The predicted octanol–water partition coefficient (Wildman–Crippen LogP) is 3.20. The van der Waals surface area contributed by atoms with Crippen molar-refractivity contribution in [2.45, 2.75) is 12.5 Å². The van der Waals surface area contributed by atoms with Crippen LogP contribution in [0.1, 0.15) is 29.4 Å². The number of aliphatic hydroxyl groups excluding tert-OH is 1. The highest BCUT2D eigenvalue weighted by Gasteiger charge is 2.18. The first-order chi connectivity index (χ1) is 8.50. The maximum absolute atomic E-state index is 12.4. The van der Waals surface area contributed by atoms with E-state index in [0.717, 1.165) is 0 Å². The molecule has 0 fully saturated rings. The van der Waals surface area contributed by atoms with Gasteiger partial charge in [-0.15, -0.1) is 0 Å². The van der Waals surface area contributed by atoms with Gasteiger partial charge in [0.05, 0.1) is 16.4 Å². The van der Waals surface area contributed by atoms with Crippen LogP contribution in [0.2, 0.25) is 0 Å². The fourth-order valence-electron chi connectivity index (χ4n) is 1.71. The molecule has 1 N–H and O–H groups in total. The Morgan fingerprint density at radius 2 is 1.78 bits per heavy atom. The van der Waals surface area contributed by atoms with E-state index < -0.39 is 12.5 Å². The number of nitrogens with zero attached hydrogens (tertiary/aromatic N) is 2. The third-order valence-electron chi connectivity index (χ3n) is 2.70. The van der Waals surface area contributed by atoms with Gasteiger partial charge in [-0.25, -0.2) is 8.78 Å². The van der Waals surface area contributed by atoms with Crippen LogP contribution in [0.4, 0.5) is 8.78 Å². The molecule has 0 aliphatic carbocycles. The maximum Gasteiger partial charge on any atom is 0.263 e. The normalized spacial score (nSPS) is 13.0. The fraction of sp³-hybridized carbons (Fsp3) is 0.250. The molecule has 1 aromatic carbocycles. The number of aryl methyl sites for hydroxylation is 1. The molecule has 1 aromatic heterocycles. The van der Waals surface area contributed by atoms with Crippen LogP contribution in [0.15, 0.2) is 34.9 Å². The van der Waals surface area contributed by atoms with Gasteiger partial charge in [0, 0.05) is 12.6 Å². The molecule has 0 saturated heterocycles. The van der Waals surface area contributed by atoms with Gasteiger partial charge in [0.1, 0.15) is 6.10 Å². The van der Waals surface area contributed by atoms with E-state index in [1.807, 2.05) is 0 Å². The zero-order valence-corrected chi connectivity index (χ0v) is 11.1. The van der Waals surface area contributed by atoms with Crippen molar-refractivity contribution in [2.75, 3.05) is 0 Å². The quantitative estimate of drug-likeness (QED) is 0.944. The van der Waals surface area contributed by atoms with Gasteiger partial charge in [0.2, 0.25) is 0 Å². The van der Waals surface area contributed by atoms with Crippen LogP contribution >= 0.6 is 15.9 Å². The van der Waals surface area contributed by atoms with Gasteiger partial charge < -0.3 is 5.11 Å². The molecule has 0 aliphatic rings. The summed E-state index contributed by atoms with van der Waals surface area (Å²) in [6, 6.07) is 5.61. The van der Waals surface area contributed by atoms with Gasteiger partial charge in [0.25, 0.3) is 6.43 Å². The molecule has 6 heteroatoms. The maximum atomic E-state index is 12.4. The summed E-state index contributed by atoms with van der Waals surface area (Å²) in [6.45, 7) is 0. The van der Waals surface area contributed by atoms with E-state index in [2.05, 4.69) is 21.0 Å². The van der Waals surface area contributed by atoms with E-state index in [9.17, 15) is 13.9 Å². The SMILES string of the molecule is Cn1ncc(Br)c1C(O)c1ccc(C(F)F)cc1. The summed E-state index contributed by atoms with van der Waals surface area (Å²) in [4.78, 5) is 0. The summed E-state index contributed by atoms with van der Waals surface area (Å²) in [6.07, 6.45) is -1.83. The molecule has 0 saturated carbocycles. The van der Waals surface area contributed by atoms with Crippen LogP contribution in [0, 0.1) is 0 Å². The summed E-state index contributed by atoms with van der Waals surface area (Å²) in [7, 11) is 1.71. The van der Waals surface area contributed by atoms with Crippen LogP contribution in [-0.2, 0) is 7.05 Å². The molecule has 1 unspecified atom stereocenters. The third-order valence-corrected chi connectivity index (χ3v) is 3.31. The van der Waals surface area contributed by atoms with Crippen LogP contribution < -0.4 is 0 Å². The first-order valence-corrected chi connectivity index (χ1v) is 6.03. The molecule has 96 valence electrons. The van der Waals surface area contributed by atoms with Gasteiger partial charge in [-0.05, 0) is 21.5 Å². The number of rotatable bonds is 3. The molecular weight excluding hydrogens is 306 g/mol. The summed E-state index contributed by atoms with van der Waals surface area (Å²) < 4.78 is 27.0. The summed E-state index contributed by atoms with van der Waals surface area (Å²) in [5.41, 5.74) is 1.07. The first-order valence-electron chi connectivity index (χ1n) is 5.24. The largest absolute Gasteiger partial charge is 0.382 e. The van der Waals surface area contributed by atoms with Crippen molar-refractivity contribution in [3.63, 3.8) is 0 Å². The van der Waals surface area contributed by atoms with E-state index in [4.69, 9.17) is 0 Å². The Morgan fingerprint density at radius 3 is 2.22 bits per heavy atom. The Morgan fingerprint density at radius 1 is 1.22 bits per heavy atom. The lowest BCUT2D eigenvalue weighted by Crippen LogP contribution is -2.07. The monoisotopic (exact) mass is 316 g/mol. The molecule has 3 nitrogen and oxygen atoms in total. The number of alkyl halides is 2. The Hall–Kier alpha value is -1.27. The summed E-state index contributed by atoms with van der Waals surface area (Å²) in [5, 5.41) is 14.2. The van der Waals surface area contributed by atoms with Crippen LogP contribution in [0.5, 0.6) is 0 Å². The summed E-state index contributed by atoms with van der Waals surface area (Å²) in [5.74, 6) is 0. The zero-order chi connectivity index (χ0) is 13.3. The average molecular weight is 317 g/mol. The number of benzene rings is 1. The highest BCUT2D eigenvalue weighted by Crippen LogP contribution is 2.29. The number of halogens is 3. The van der Waals surface area contributed by atoms with Gasteiger partial charge in [0.15, 0.2) is 0 Å². The molecule has 2 rings (SSSR count). The Balaban J connectivity index is 2.32. The highest BCUT2D eigenvalue weighted by atomic mass is 79.9. The van der Waals surface area contributed by atoms with Gasteiger partial charge in [-0.1, -0.05) is 24.3 Å². The van der Waals surface area contributed by atoms with E-state index >= 15 is 0 Å². The molecule has 0 radical (unpaired) electrons. The van der Waals surface area contributed by atoms with Crippen molar-refractivity contribution >= 4 is 15.9 Å². The number of hydrogen-bond donors (Lipinski definition) is 1. The van der Waals surface area contributed by atoms with Gasteiger partial charge in [-0.3, -0.25) is 4.68 Å². The van der Waals surface area contributed by atoms with Crippen molar-refractivity contribution in [3.05, 3.63) is 51.8 Å². The van der Waals surface area contributed by atoms with E-state index in [-0.39, 0.29) is 5.56 Å². The second kappa shape index (κ2) is 5.16. The fourth-order valence-corrected chi connectivity index (χ4v) is 2.27. The number of hydrogen-bond acceptors (Lipinski definition) is 2. The highest BCUT2D eigenvalue weighted by molar-refractivity contribution is 9.10. The Labute approximate surface area is 111 Å². The molecule has 0 spiro atoms. The second-order valence-corrected chi connectivity index (χ2v) is 4.73. The van der Waals surface area contributed by atoms with Crippen molar-refractivity contribution < 1.29 is 13.9 Å². The molecule has 1 heterocycles. The van der Waals surface area contributed by atoms with Crippen LogP contribution in [-0.4, -0.2) is 14.9 Å². The first kappa shape index (κ1) is 13.2. The van der Waals surface area contributed by atoms with Gasteiger partial charge >= 0.3 is 0 Å². The lowest BCUT2D eigenvalue weighted by molar-refractivity contribution is 0.151. The van der Waals surface area contributed by atoms with Crippen LogP contribution in [0.3, 0.4) is 0 Å². The Kier molecular flexibility index (Phi) is 3.77. The second-order valence-electron chi connectivity index (χ2n) is 3.87. The molecule has 18 heavy (non-hydrogen) atoms. The number of aliphatic hydroxyl groups is 1. The molecule has 0 bridgehead atoms. The topological polar surface area (TPSA) is 38.0 Å². The lowest BCUT2D eigenvalue weighted by atomic mass is 10.0.